The van der Waals surface area contributed by atoms with Crippen molar-refractivity contribution >= 4 is 27.3 Å². The summed E-state index contributed by atoms with van der Waals surface area (Å²) in [5.74, 6) is -0.525. The number of imidazole rings is 1. The van der Waals surface area contributed by atoms with E-state index in [1.54, 1.807) is 0 Å². The maximum absolute atomic E-state index is 12.1. The number of halogens is 1. The molecular weight excluding hydrogens is 270 g/mol. The molecule has 0 saturated heterocycles. The van der Waals surface area contributed by atoms with Crippen molar-refractivity contribution in [2.24, 2.45) is 7.05 Å². The number of hydrogen-bond donors (Lipinski definition) is 0. The smallest absolute Gasteiger partial charge is 0.358 e. The van der Waals surface area contributed by atoms with E-state index in [0.29, 0.717) is 0 Å². The minimum absolute atomic E-state index is 0.135. The molecule has 17 heavy (non-hydrogen) atoms. The number of nitro groups is 1. The van der Waals surface area contributed by atoms with Gasteiger partial charge in [-0.05, 0) is 16.8 Å². The van der Waals surface area contributed by atoms with Gasteiger partial charge < -0.3 is 10.1 Å². The van der Waals surface area contributed by atoms with Gasteiger partial charge in [-0.15, -0.1) is 11.6 Å². The zero-order chi connectivity index (χ0) is 13.4. The number of sulfone groups is 1. The molecule has 0 aromatic carbocycles. The number of hydrogen-bond acceptors (Lipinski definition) is 5. The monoisotopic (exact) mass is 281 g/mol. The summed E-state index contributed by atoms with van der Waals surface area (Å²) in [4.78, 5) is 13.6. The normalized spacial score (nSPS) is 13.6. The number of rotatable bonds is 4. The van der Waals surface area contributed by atoms with E-state index >= 15 is 0 Å². The molecule has 0 aliphatic rings. The molecule has 1 heterocycles. The summed E-state index contributed by atoms with van der Waals surface area (Å²) >= 11 is 5.50. The molecule has 0 bridgehead atoms. The van der Waals surface area contributed by atoms with Crippen LogP contribution in [0.5, 0.6) is 0 Å². The van der Waals surface area contributed by atoms with E-state index in [1.165, 1.54) is 25.5 Å². The first-order valence-electron chi connectivity index (χ1n) is 4.71. The second kappa shape index (κ2) is 4.61. The SMILES string of the molecule is Cc1nc([N+](=O)[O-])c(S(=O)(=O)C(C)CCl)n1C. The molecule has 0 saturated carbocycles. The summed E-state index contributed by atoms with van der Waals surface area (Å²) < 4.78 is 25.3. The van der Waals surface area contributed by atoms with Crippen molar-refractivity contribution in [2.45, 2.75) is 24.1 Å². The van der Waals surface area contributed by atoms with Gasteiger partial charge in [-0.3, -0.25) is 4.57 Å². The average Bonchev–Trinajstić information content (AvgIpc) is 2.55. The largest absolute Gasteiger partial charge is 0.401 e. The molecule has 1 rings (SSSR count). The van der Waals surface area contributed by atoms with Gasteiger partial charge in [0.2, 0.25) is 20.7 Å². The van der Waals surface area contributed by atoms with Gasteiger partial charge >= 0.3 is 5.82 Å². The Morgan fingerprint density at radius 1 is 1.59 bits per heavy atom. The topological polar surface area (TPSA) is 95.1 Å². The van der Waals surface area contributed by atoms with Crippen LogP contribution >= 0.6 is 11.6 Å². The van der Waals surface area contributed by atoms with Crippen LogP contribution in [0.2, 0.25) is 0 Å². The highest BCUT2D eigenvalue weighted by Crippen LogP contribution is 2.27. The number of nitrogens with zero attached hydrogens (tertiary/aromatic N) is 3. The van der Waals surface area contributed by atoms with Gasteiger partial charge in [0.05, 0.1) is 5.25 Å². The maximum atomic E-state index is 12.1. The molecule has 0 fully saturated rings. The van der Waals surface area contributed by atoms with E-state index in [4.69, 9.17) is 11.6 Å². The minimum atomic E-state index is -3.85. The molecule has 1 atom stereocenters. The van der Waals surface area contributed by atoms with Crippen molar-refractivity contribution in [2.75, 3.05) is 5.88 Å². The molecule has 0 radical (unpaired) electrons. The summed E-state index contributed by atoms with van der Waals surface area (Å²) in [6, 6.07) is 0. The number of aromatic nitrogens is 2. The molecule has 0 aliphatic heterocycles. The Morgan fingerprint density at radius 3 is 2.53 bits per heavy atom. The summed E-state index contributed by atoms with van der Waals surface area (Å²) in [5.41, 5.74) is 0. The van der Waals surface area contributed by atoms with E-state index in [1.807, 2.05) is 0 Å². The van der Waals surface area contributed by atoms with Crippen LogP contribution in [0.25, 0.3) is 0 Å². The molecule has 9 heteroatoms. The van der Waals surface area contributed by atoms with Gasteiger partial charge in [0.15, 0.2) is 0 Å². The van der Waals surface area contributed by atoms with E-state index < -0.39 is 30.9 Å². The van der Waals surface area contributed by atoms with Crippen LogP contribution < -0.4 is 0 Å². The van der Waals surface area contributed by atoms with Gasteiger partial charge in [0, 0.05) is 19.9 Å². The lowest BCUT2D eigenvalue weighted by molar-refractivity contribution is -0.392. The Bertz CT molecular complexity index is 551. The van der Waals surface area contributed by atoms with Crippen LogP contribution in [-0.2, 0) is 16.9 Å². The highest BCUT2D eigenvalue weighted by atomic mass is 35.5. The highest BCUT2D eigenvalue weighted by molar-refractivity contribution is 7.92. The fraction of sp³-hybridized carbons (Fsp3) is 0.625. The van der Waals surface area contributed by atoms with Crippen LogP contribution in [0.4, 0.5) is 5.82 Å². The first-order valence-corrected chi connectivity index (χ1v) is 6.79. The Balaban J connectivity index is 3.56. The quantitative estimate of drug-likeness (QED) is 0.467. The second-order valence-corrected chi connectivity index (χ2v) is 6.20. The minimum Gasteiger partial charge on any atom is -0.358 e. The van der Waals surface area contributed by atoms with Gasteiger partial charge in [-0.2, -0.15) is 0 Å². The zero-order valence-corrected chi connectivity index (χ0v) is 11.1. The summed E-state index contributed by atoms with van der Waals surface area (Å²) in [5, 5.41) is 9.48. The van der Waals surface area contributed by atoms with E-state index in [9.17, 15) is 18.5 Å². The van der Waals surface area contributed by atoms with Gasteiger partial charge in [0.1, 0.15) is 0 Å². The Kier molecular flexibility index (Phi) is 3.78. The number of alkyl halides is 1. The highest BCUT2D eigenvalue weighted by Gasteiger charge is 2.36. The van der Waals surface area contributed by atoms with E-state index in [-0.39, 0.29) is 11.7 Å². The van der Waals surface area contributed by atoms with Crippen molar-refractivity contribution in [1.29, 1.82) is 0 Å². The van der Waals surface area contributed by atoms with Crippen LogP contribution in [0.3, 0.4) is 0 Å². The van der Waals surface area contributed by atoms with Crippen LogP contribution in [0.15, 0.2) is 5.03 Å². The van der Waals surface area contributed by atoms with Crippen molar-refractivity contribution < 1.29 is 13.3 Å². The maximum Gasteiger partial charge on any atom is 0.401 e. The summed E-state index contributed by atoms with van der Waals surface area (Å²) in [7, 11) is -2.43. The third kappa shape index (κ3) is 2.27. The van der Waals surface area contributed by atoms with Crippen LogP contribution in [-0.4, -0.2) is 34.0 Å². The van der Waals surface area contributed by atoms with Crippen molar-refractivity contribution in [3.63, 3.8) is 0 Å². The molecular formula is C8H12ClN3O4S. The lowest BCUT2D eigenvalue weighted by Crippen LogP contribution is -2.22. The van der Waals surface area contributed by atoms with Crippen LogP contribution in [0, 0.1) is 17.0 Å². The molecule has 1 aromatic rings. The molecule has 1 aromatic heterocycles. The average molecular weight is 282 g/mol. The second-order valence-electron chi connectivity index (χ2n) is 3.61. The van der Waals surface area contributed by atoms with E-state index in [2.05, 4.69) is 4.98 Å². The third-order valence-corrected chi connectivity index (χ3v) is 5.31. The summed E-state index contributed by atoms with van der Waals surface area (Å²) in [6.07, 6.45) is 0. The molecule has 96 valence electrons. The van der Waals surface area contributed by atoms with Gasteiger partial charge in [-0.1, -0.05) is 0 Å². The molecule has 1 unspecified atom stereocenters. The first kappa shape index (κ1) is 13.9. The zero-order valence-electron chi connectivity index (χ0n) is 9.55. The Labute approximate surface area is 103 Å². The third-order valence-electron chi connectivity index (χ3n) is 2.44. The fourth-order valence-electron chi connectivity index (χ4n) is 1.28. The molecule has 0 spiro atoms. The fourth-order valence-corrected chi connectivity index (χ4v) is 3.22. The van der Waals surface area contributed by atoms with Gasteiger partial charge in [-0.25, -0.2) is 8.42 Å². The lowest BCUT2D eigenvalue weighted by Gasteiger charge is -2.09. The lowest BCUT2D eigenvalue weighted by atomic mass is 10.6. The standard InChI is InChI=1S/C8H12ClN3O4S/c1-5(4-9)17(15,16)8-7(12(13)14)10-6(2)11(8)3/h5H,4H2,1-3H3. The van der Waals surface area contributed by atoms with Crippen molar-refractivity contribution in [3.8, 4) is 0 Å². The molecule has 0 aliphatic carbocycles. The summed E-state index contributed by atoms with van der Waals surface area (Å²) in [6.45, 7) is 2.89. The number of aryl methyl sites for hydroxylation is 1. The molecule has 0 N–H and O–H groups in total. The predicted molar refractivity (Wildman–Crippen MR) is 62.0 cm³/mol. The Hall–Kier alpha value is -1.15. The Morgan fingerprint density at radius 2 is 2.12 bits per heavy atom. The van der Waals surface area contributed by atoms with Crippen molar-refractivity contribution in [1.82, 2.24) is 9.55 Å². The van der Waals surface area contributed by atoms with Crippen LogP contribution in [0.1, 0.15) is 12.7 Å². The molecule has 7 nitrogen and oxygen atoms in total. The first-order chi connectivity index (χ1) is 7.73. The molecule has 0 amide bonds. The van der Waals surface area contributed by atoms with E-state index in [0.717, 1.165) is 0 Å². The van der Waals surface area contributed by atoms with Crippen molar-refractivity contribution in [3.05, 3.63) is 15.9 Å². The van der Waals surface area contributed by atoms with Gasteiger partial charge in [0.25, 0.3) is 0 Å². The predicted octanol–water partition coefficient (Wildman–Crippen LogP) is 1.04.